The first kappa shape index (κ1) is 129. The third kappa shape index (κ3) is 71.4. The second kappa shape index (κ2) is 87.3. The first-order valence-corrected chi connectivity index (χ1v) is 62.4. The zero-order valence-electron chi connectivity index (χ0n) is 87.2. The number of carbonyl (C=O) groups is 5. The van der Waals surface area contributed by atoms with Crippen LogP contribution in [0.5, 0.6) is 0 Å². The number of aldehydes is 1. The fourth-order valence-electron chi connectivity index (χ4n) is 16.2. The predicted octanol–water partition coefficient (Wildman–Crippen LogP) is -0.678. The molecule has 6 atom stereocenters. The number of amides is 6. The summed E-state index contributed by atoms with van der Waals surface area (Å²) in [6.45, 7) is 54.7. The number of rotatable bonds is 31. The van der Waals surface area contributed by atoms with Gasteiger partial charge in [0.15, 0.2) is 0 Å². The molecule has 0 spiro atoms. The predicted molar refractivity (Wildman–Crippen MR) is 581 cm³/mol. The van der Waals surface area contributed by atoms with Crippen molar-refractivity contribution < 1.29 is 38.5 Å². The number of hydrogen-bond donors (Lipinski definition) is 15. The Morgan fingerprint density at radius 2 is 0.627 bits per heavy atom. The number of hydrogen-bond acceptors (Lipinski definition) is 32. The molecule has 0 aromatic rings. The zero-order valence-corrected chi connectivity index (χ0v) is 94.5. The third-order valence-corrected chi connectivity index (χ3v) is 29.0. The Morgan fingerprint density at radius 3 is 0.910 bits per heavy atom. The van der Waals surface area contributed by atoms with Crippen LogP contribution in [-0.2, 0) is 23.8 Å². The van der Waals surface area contributed by atoms with Crippen LogP contribution in [0.15, 0.2) is 0 Å². The van der Waals surface area contributed by atoms with E-state index in [0.717, 1.165) is 324 Å². The molecule has 41 heteroatoms. The van der Waals surface area contributed by atoms with Crippen molar-refractivity contribution in [2.45, 2.75) is 125 Å². The number of unbranched alkanes of at least 4 members (excludes halogenated alkanes) is 2. The summed E-state index contributed by atoms with van der Waals surface area (Å²) in [6, 6.07) is 1.03. The van der Waals surface area contributed by atoms with Crippen LogP contribution in [0, 0.1) is 0 Å². The maximum atomic E-state index is 12.3. The topological polar surface area (TPSA) is 340 Å². The Balaban J connectivity index is 0.000000558. The minimum absolute atomic E-state index is 0.0284. The Labute approximate surface area is 854 Å². The molecule has 9 rings (SSSR count). The Morgan fingerprint density at radius 1 is 0.366 bits per heavy atom. The van der Waals surface area contributed by atoms with Gasteiger partial charge in [-0.25, -0.2) is 9.59 Å². The molecular weight excluding hydrogens is 2000 g/mol. The van der Waals surface area contributed by atoms with Gasteiger partial charge in [-0.05, 0) is 209 Å². The van der Waals surface area contributed by atoms with Crippen molar-refractivity contribution in [2.24, 2.45) is 5.73 Å². The number of fused-ring (bicyclic) bond motifs is 2. The molecule has 0 saturated carbocycles. The summed E-state index contributed by atoms with van der Waals surface area (Å²) in [7, 11) is 33.0. The van der Waals surface area contributed by atoms with Crippen molar-refractivity contribution in [3.8, 4) is 0 Å². The van der Waals surface area contributed by atoms with Gasteiger partial charge < -0.3 is 163 Å². The van der Waals surface area contributed by atoms with Crippen LogP contribution >= 0.6 is 63.5 Å². The van der Waals surface area contributed by atoms with E-state index in [4.69, 9.17) is 10.8 Å². The summed E-state index contributed by atoms with van der Waals surface area (Å²) in [4.78, 5) is 96.2. The van der Waals surface area contributed by atoms with Gasteiger partial charge in [-0.1, -0.05) is 12.8 Å². The quantitative estimate of drug-likeness (QED) is 0.0177. The summed E-state index contributed by atoms with van der Waals surface area (Å²) >= 11 is 8.62. The fraction of sp³-hybridized carbons (Fsp3) is 0.946. The number of likely N-dealkylation sites (N-methyl/N-ethyl adjacent to an activating group) is 12. The van der Waals surface area contributed by atoms with E-state index in [1.54, 1.807) is 0 Å². The van der Waals surface area contributed by atoms with Gasteiger partial charge in [0.2, 0.25) is 11.8 Å². The Hall–Kier alpha value is -1.11. The van der Waals surface area contributed by atoms with Gasteiger partial charge in [-0.15, -0.1) is 0 Å². The number of nitrogens with two attached hydrogens (primary N) is 1. The Bertz CT molecular complexity index is 2690. The molecule has 9 aliphatic heterocycles. The van der Waals surface area contributed by atoms with Crippen LogP contribution in [0.1, 0.15) is 89.9 Å². The number of halogens is 2. The Kier molecular flexibility index (Phi) is 84.0. The van der Waals surface area contributed by atoms with Gasteiger partial charge in [0.25, 0.3) is 0 Å². The van der Waals surface area contributed by atoms with Gasteiger partial charge in [-0.3, -0.25) is 9.59 Å². The van der Waals surface area contributed by atoms with Crippen LogP contribution in [0.25, 0.3) is 0 Å². The first-order chi connectivity index (χ1) is 64.8. The molecule has 0 aromatic heterocycles. The molecule has 36 nitrogen and oxygen atoms in total. The SMILES string of the molecule is CN1CCN(C)CCN(CCCN)CCN(C)CC1.CN1CCN(C)CCN(CCCNC(=O)CCCC[C@@H]2SC[C@@H]3NC(=O)N[C@@H]32)CCN(C)CC1.CN1CCNCCN(C)CCN(C)CC1.CNCCC=O.CNCCCN1CCN(C)CCN(C)CCN(C)CC1.CNCCCO.O=C(CCCC[C@@H]1SC[C@@H]2NC(=O)N[C@@H]21)NCCCN1CCNCCNCCNCC1.[I][V][I]. The maximum absolute atomic E-state index is 12.3. The van der Waals surface area contributed by atoms with Gasteiger partial charge in [-0.2, -0.15) is 23.5 Å². The third-order valence-electron chi connectivity index (χ3n) is 26.0. The van der Waals surface area contributed by atoms with Crippen molar-refractivity contribution in [2.75, 3.05) is 451 Å². The van der Waals surface area contributed by atoms with Gasteiger partial charge in [0, 0.05) is 329 Å². The number of aliphatic hydroxyl groups excluding tert-OH is 1. The van der Waals surface area contributed by atoms with Crippen LogP contribution in [-0.4, -0.2) is 599 Å². The van der Waals surface area contributed by atoms with E-state index in [1.165, 1.54) is 91.5 Å². The molecule has 791 valence electrons. The van der Waals surface area contributed by atoms with E-state index in [-0.39, 0.29) is 48.0 Å². The summed E-state index contributed by atoms with van der Waals surface area (Å²) < 4.78 is 0. The summed E-state index contributed by atoms with van der Waals surface area (Å²) in [6.07, 6.45) is 13.9. The van der Waals surface area contributed by atoms with Crippen molar-refractivity contribution >= 4 is 93.6 Å². The summed E-state index contributed by atoms with van der Waals surface area (Å²) in [5, 5.41) is 50.2. The molecular formula is C93H202I2N30O6S2V. The van der Waals surface area contributed by atoms with E-state index in [1.807, 2.05) is 44.7 Å². The van der Waals surface area contributed by atoms with Crippen LogP contribution < -0.4 is 74.9 Å². The second-order valence-electron chi connectivity index (χ2n) is 38.1. The molecule has 0 radical (unpaired) electrons. The van der Waals surface area contributed by atoms with E-state index in [2.05, 4.69) is 272 Å². The average molecular weight is 2210 g/mol. The summed E-state index contributed by atoms with van der Waals surface area (Å²) in [5.41, 5.74) is 5.63. The van der Waals surface area contributed by atoms with Crippen LogP contribution in [0.2, 0.25) is 0 Å². The van der Waals surface area contributed by atoms with Gasteiger partial charge in [0.1, 0.15) is 6.29 Å². The van der Waals surface area contributed by atoms with Gasteiger partial charge in [0.05, 0.1) is 24.2 Å². The van der Waals surface area contributed by atoms with Crippen molar-refractivity contribution in [1.29, 1.82) is 0 Å². The molecule has 9 fully saturated rings. The van der Waals surface area contributed by atoms with E-state index < -0.39 is 0 Å². The standard InChI is InChI=1S/C24H47N7O2S.C21H41N7O2S.C15H35N5.C14H33N5.C11H26N4.C4H11NO.C4H9NO.2HI.V/c1-28-11-13-29(2)15-17-31(18-16-30(3)14-12-28)10-6-9-25-22(32)8-5-4-7-21-23-20(19-34-21)26-24(33)27-23;29-19(5-2-1-4-18-20-17(16-31-18)26-21(30)27-20)25-6-3-13-28-14-11-23-9-7-22-8-10-24-12-15-28;1-16-6-5-7-20-14-12-18(3)10-8-17(2)9-11-19(4)13-15-20;1-16-7-9-17(2)11-13-19(6-4-5-15)14-12-18(3)10-8-16;1-13-6-4-12-5-7-14(2)9-11-15(3)10-8-13;2*1-5-3-2-4-6;;;/h20-21,23H,4-19H2,1-3H3,(H,25,32)(H2,26,27,33);17-18,20,22-24H,1-16H2,(H,25,29)(H2,26,27,30);16H,5-15H2,1-4H3;4-15H2,1-3H3;12H,4-11H2,1-3H3;5-6H,2-4H2,1H3;4-5H,2-3H2,1H3;2*1H;/q;;;;;;;;;+2/p-2/t20-,21-,23-;17-,18-,20-;;;;;;;;/m00......../s1. The van der Waals surface area contributed by atoms with E-state index >= 15 is 0 Å². The molecule has 0 unspecified atom stereocenters. The van der Waals surface area contributed by atoms with E-state index in [0.29, 0.717) is 45.8 Å². The van der Waals surface area contributed by atoms with E-state index in [9.17, 15) is 24.0 Å². The second-order valence-corrected chi connectivity index (χ2v) is 52.4. The summed E-state index contributed by atoms with van der Waals surface area (Å²) in [5.74, 6) is 2.33. The minimum atomic E-state index is -0.0303. The monoisotopic (exact) mass is 2200 g/mol. The molecule has 16 N–H and O–H groups in total. The molecule has 9 heterocycles. The van der Waals surface area contributed by atoms with Crippen molar-refractivity contribution in [3.05, 3.63) is 0 Å². The molecule has 0 aromatic carbocycles. The van der Waals surface area contributed by atoms with Crippen molar-refractivity contribution in [1.82, 2.24) is 148 Å². The molecule has 0 aliphatic carbocycles. The number of urea groups is 2. The number of carbonyl (C=O) groups excluding carboxylic acids is 5. The first-order valence-electron chi connectivity index (χ1n) is 51.2. The number of aliphatic hydroxyl groups is 1. The fourth-order valence-corrected chi connectivity index (χ4v) is 19.3. The number of nitrogens with one attached hydrogen (secondary N) is 13. The molecule has 134 heavy (non-hydrogen) atoms. The number of thioether (sulfide) groups is 2. The van der Waals surface area contributed by atoms with Crippen LogP contribution in [0.3, 0.4) is 0 Å². The zero-order chi connectivity index (χ0) is 98.4. The normalized spacial score (nSPS) is 24.4. The molecule has 9 saturated heterocycles. The van der Waals surface area contributed by atoms with Crippen LogP contribution in [0.4, 0.5) is 9.59 Å². The average Bonchev–Trinajstić information content (AvgIpc) is 1.67. The van der Waals surface area contributed by atoms with Crippen molar-refractivity contribution in [3.63, 3.8) is 0 Å². The van der Waals surface area contributed by atoms with Gasteiger partial charge >= 0.3 is 61.5 Å². The molecule has 9 aliphatic rings. The molecule has 6 amide bonds. The molecule has 0 bridgehead atoms. The number of nitrogens with zero attached hydrogens (tertiary/aromatic N) is 16.